The van der Waals surface area contributed by atoms with E-state index in [0.717, 1.165) is 28.1 Å². The number of alkyl halides is 3. The van der Waals surface area contributed by atoms with Crippen LogP contribution >= 0.6 is 0 Å². The molecule has 1 atom stereocenters. The lowest BCUT2D eigenvalue weighted by molar-refractivity contribution is -0.137. The first-order valence-corrected chi connectivity index (χ1v) is 9.28. The maximum atomic E-state index is 13.3. The molecule has 7 nitrogen and oxygen atoms in total. The van der Waals surface area contributed by atoms with Crippen LogP contribution in [0.3, 0.4) is 0 Å². The lowest BCUT2D eigenvalue weighted by atomic mass is 10.0. The van der Waals surface area contributed by atoms with Crippen LogP contribution in [0.25, 0.3) is 5.69 Å². The predicted octanol–water partition coefficient (Wildman–Crippen LogP) is 4.10. The molecule has 1 heterocycles. The van der Waals surface area contributed by atoms with E-state index in [2.05, 4.69) is 15.6 Å². The van der Waals surface area contributed by atoms with Crippen molar-refractivity contribution in [2.75, 3.05) is 14.2 Å². The van der Waals surface area contributed by atoms with Crippen LogP contribution in [0.5, 0.6) is 11.5 Å². The number of benzene rings is 2. The van der Waals surface area contributed by atoms with Gasteiger partial charge in [0.2, 0.25) is 0 Å². The van der Waals surface area contributed by atoms with Crippen molar-refractivity contribution in [1.29, 1.82) is 0 Å². The molecule has 0 saturated heterocycles. The number of carbonyl (C=O) groups is 1. The third kappa shape index (κ3) is 4.62. The zero-order chi connectivity index (χ0) is 22.8. The van der Waals surface area contributed by atoms with Gasteiger partial charge in [-0.3, -0.25) is 4.79 Å². The molecule has 1 amide bonds. The molecule has 1 N–H and O–H groups in total. The number of halogens is 3. The number of carbonyl (C=O) groups excluding carboxylic acids is 1. The Hall–Kier alpha value is -3.56. The van der Waals surface area contributed by atoms with Crippen molar-refractivity contribution in [1.82, 2.24) is 20.3 Å². The van der Waals surface area contributed by atoms with Gasteiger partial charge in [-0.1, -0.05) is 17.3 Å². The highest BCUT2D eigenvalue weighted by atomic mass is 19.4. The van der Waals surface area contributed by atoms with Crippen LogP contribution in [0.1, 0.15) is 40.1 Å². The quantitative estimate of drug-likeness (QED) is 0.632. The van der Waals surface area contributed by atoms with Gasteiger partial charge in [0.05, 0.1) is 37.7 Å². The van der Waals surface area contributed by atoms with Crippen LogP contribution in [0.2, 0.25) is 0 Å². The number of amides is 1. The smallest absolute Gasteiger partial charge is 0.418 e. The number of aryl methyl sites for hydroxylation is 1. The van der Waals surface area contributed by atoms with Crippen molar-refractivity contribution >= 4 is 5.91 Å². The van der Waals surface area contributed by atoms with Gasteiger partial charge in [0.25, 0.3) is 5.91 Å². The number of hydrogen-bond donors (Lipinski definition) is 1. The van der Waals surface area contributed by atoms with E-state index < -0.39 is 23.7 Å². The molecule has 0 saturated carbocycles. The molecule has 3 rings (SSSR count). The maximum Gasteiger partial charge on any atom is 0.418 e. The Morgan fingerprint density at radius 2 is 1.77 bits per heavy atom. The summed E-state index contributed by atoms with van der Waals surface area (Å²) in [6, 6.07) is 8.06. The first-order chi connectivity index (χ1) is 14.7. The first-order valence-electron chi connectivity index (χ1n) is 9.28. The highest BCUT2D eigenvalue weighted by molar-refractivity contribution is 5.92. The van der Waals surface area contributed by atoms with Crippen LogP contribution < -0.4 is 14.8 Å². The third-order valence-corrected chi connectivity index (χ3v) is 4.77. The minimum Gasteiger partial charge on any atom is -0.493 e. The minimum absolute atomic E-state index is 0.109. The van der Waals surface area contributed by atoms with Crippen molar-refractivity contribution in [2.24, 2.45) is 0 Å². The summed E-state index contributed by atoms with van der Waals surface area (Å²) in [5.41, 5.74) is 0.461. The summed E-state index contributed by atoms with van der Waals surface area (Å²) in [4.78, 5) is 12.6. The van der Waals surface area contributed by atoms with Crippen molar-refractivity contribution in [3.63, 3.8) is 0 Å². The predicted molar refractivity (Wildman–Crippen MR) is 107 cm³/mol. The molecule has 0 radical (unpaired) electrons. The summed E-state index contributed by atoms with van der Waals surface area (Å²) in [7, 11) is 3.04. The number of aromatic nitrogens is 3. The molecule has 2 aromatic carbocycles. The fourth-order valence-corrected chi connectivity index (χ4v) is 3.21. The second-order valence-corrected chi connectivity index (χ2v) is 6.82. The summed E-state index contributed by atoms with van der Waals surface area (Å²) < 4.78 is 51.3. The zero-order valence-electron chi connectivity index (χ0n) is 17.3. The van der Waals surface area contributed by atoms with E-state index in [1.165, 1.54) is 32.4 Å². The van der Waals surface area contributed by atoms with E-state index >= 15 is 0 Å². The lowest BCUT2D eigenvalue weighted by Crippen LogP contribution is -2.27. The fraction of sp³-hybridized carbons (Fsp3) is 0.286. The van der Waals surface area contributed by atoms with Gasteiger partial charge in [-0.15, -0.1) is 5.10 Å². The zero-order valence-corrected chi connectivity index (χ0v) is 17.3. The number of nitrogens with one attached hydrogen (secondary N) is 1. The number of ether oxygens (including phenoxy) is 2. The molecule has 0 aliphatic carbocycles. The van der Waals surface area contributed by atoms with Gasteiger partial charge in [-0.2, -0.15) is 13.2 Å². The minimum atomic E-state index is -4.57. The Morgan fingerprint density at radius 1 is 1.13 bits per heavy atom. The SMILES string of the molecule is COc1cc(C)c(C(C)NC(=O)c2cn(-c3ccccc3C(F)(F)F)nn2)cc1OC. The highest BCUT2D eigenvalue weighted by Gasteiger charge is 2.34. The topological polar surface area (TPSA) is 78.3 Å². The Kier molecular flexibility index (Phi) is 6.19. The van der Waals surface area contributed by atoms with Crippen LogP contribution in [0.4, 0.5) is 13.2 Å². The summed E-state index contributed by atoms with van der Waals surface area (Å²) in [5, 5.41) is 10.2. The van der Waals surface area contributed by atoms with Crippen LogP contribution in [-0.4, -0.2) is 35.1 Å². The number of hydrogen-bond acceptors (Lipinski definition) is 5. The van der Waals surface area contributed by atoms with Crippen molar-refractivity contribution in [3.8, 4) is 17.2 Å². The van der Waals surface area contributed by atoms with Crippen molar-refractivity contribution < 1.29 is 27.4 Å². The molecule has 0 bridgehead atoms. The summed E-state index contributed by atoms with van der Waals surface area (Å²) in [6.07, 6.45) is -3.40. The van der Waals surface area contributed by atoms with E-state index in [-0.39, 0.29) is 11.4 Å². The molecule has 164 valence electrons. The molecule has 0 fully saturated rings. The monoisotopic (exact) mass is 434 g/mol. The highest BCUT2D eigenvalue weighted by Crippen LogP contribution is 2.34. The van der Waals surface area contributed by atoms with Gasteiger partial charge in [0.1, 0.15) is 0 Å². The second-order valence-electron chi connectivity index (χ2n) is 6.82. The number of methoxy groups -OCH3 is 2. The number of para-hydroxylation sites is 1. The Balaban J connectivity index is 1.83. The second kappa shape index (κ2) is 8.66. The standard InChI is InChI=1S/C21H21F3N4O3/c1-12-9-18(30-3)19(31-4)10-14(12)13(2)25-20(29)16-11-28(27-26-16)17-8-6-5-7-15(17)21(22,23)24/h5-11,13H,1-4H3,(H,25,29). The van der Waals surface area contributed by atoms with Gasteiger partial charge in [-0.05, 0) is 49.2 Å². The molecular weight excluding hydrogens is 413 g/mol. The van der Waals surface area contributed by atoms with E-state index in [0.29, 0.717) is 11.5 Å². The van der Waals surface area contributed by atoms with E-state index in [4.69, 9.17) is 9.47 Å². The molecule has 0 spiro atoms. The van der Waals surface area contributed by atoms with Crippen LogP contribution in [0, 0.1) is 6.92 Å². The first kappa shape index (κ1) is 22.1. The molecular formula is C21H21F3N4O3. The number of nitrogens with zero attached hydrogens (tertiary/aromatic N) is 3. The maximum absolute atomic E-state index is 13.3. The molecule has 10 heteroatoms. The number of rotatable bonds is 6. The van der Waals surface area contributed by atoms with E-state index in [1.54, 1.807) is 19.1 Å². The van der Waals surface area contributed by atoms with Crippen molar-refractivity contribution in [2.45, 2.75) is 26.1 Å². The fourth-order valence-electron chi connectivity index (χ4n) is 3.21. The Labute approximate surface area is 176 Å². The van der Waals surface area contributed by atoms with Crippen molar-refractivity contribution in [3.05, 3.63) is 65.0 Å². The average Bonchev–Trinajstić information content (AvgIpc) is 3.23. The molecule has 0 aliphatic heterocycles. The Bertz CT molecular complexity index is 1100. The molecule has 1 aromatic heterocycles. The van der Waals surface area contributed by atoms with Crippen LogP contribution in [0.15, 0.2) is 42.6 Å². The summed E-state index contributed by atoms with van der Waals surface area (Å²) >= 11 is 0. The summed E-state index contributed by atoms with van der Waals surface area (Å²) in [6.45, 7) is 3.64. The van der Waals surface area contributed by atoms with Gasteiger partial charge in [0.15, 0.2) is 17.2 Å². The lowest BCUT2D eigenvalue weighted by Gasteiger charge is -2.18. The summed E-state index contributed by atoms with van der Waals surface area (Å²) in [5.74, 6) is 0.505. The van der Waals surface area contributed by atoms with Crippen LogP contribution in [-0.2, 0) is 6.18 Å². The molecule has 31 heavy (non-hydrogen) atoms. The normalized spacial score (nSPS) is 12.4. The Morgan fingerprint density at radius 3 is 2.42 bits per heavy atom. The molecule has 3 aromatic rings. The average molecular weight is 434 g/mol. The third-order valence-electron chi connectivity index (χ3n) is 4.77. The van der Waals surface area contributed by atoms with E-state index in [9.17, 15) is 18.0 Å². The molecule has 0 aliphatic rings. The van der Waals surface area contributed by atoms with Gasteiger partial charge in [0, 0.05) is 0 Å². The van der Waals surface area contributed by atoms with Gasteiger partial charge < -0.3 is 14.8 Å². The molecule has 1 unspecified atom stereocenters. The largest absolute Gasteiger partial charge is 0.493 e. The van der Waals surface area contributed by atoms with Gasteiger partial charge >= 0.3 is 6.18 Å². The van der Waals surface area contributed by atoms with E-state index in [1.807, 2.05) is 6.92 Å². The van der Waals surface area contributed by atoms with Gasteiger partial charge in [-0.25, -0.2) is 4.68 Å².